The summed E-state index contributed by atoms with van der Waals surface area (Å²) < 4.78 is 2.24. The lowest BCUT2D eigenvalue weighted by atomic mass is 10.1. The van der Waals surface area contributed by atoms with Gasteiger partial charge in [-0.2, -0.15) is 5.10 Å². The molecule has 1 aromatic rings. The van der Waals surface area contributed by atoms with Gasteiger partial charge in [-0.05, 0) is 54.1 Å². The average Bonchev–Trinajstić information content (AvgIpc) is 3.28. The predicted molar refractivity (Wildman–Crippen MR) is 83.2 cm³/mol. The summed E-state index contributed by atoms with van der Waals surface area (Å²) >= 11 is 3.47. The van der Waals surface area contributed by atoms with E-state index in [1.807, 2.05) is 13.2 Å². The fourth-order valence-corrected chi connectivity index (χ4v) is 3.32. The van der Waals surface area contributed by atoms with Crippen LogP contribution in [0.15, 0.2) is 15.5 Å². The molecule has 0 bridgehead atoms. The van der Waals surface area contributed by atoms with Crippen LogP contribution in [0, 0.1) is 5.92 Å². The largest absolute Gasteiger partial charge is 0.368 e. The monoisotopic (exact) mass is 340 g/mol. The van der Waals surface area contributed by atoms with Crippen molar-refractivity contribution >= 4 is 21.6 Å². The van der Waals surface area contributed by atoms with Crippen molar-refractivity contribution in [2.75, 3.05) is 25.0 Å². The van der Waals surface area contributed by atoms with E-state index >= 15 is 0 Å². The molecule has 0 radical (unpaired) electrons. The van der Waals surface area contributed by atoms with E-state index in [1.54, 1.807) is 4.68 Å². The van der Waals surface area contributed by atoms with Crippen LogP contribution >= 0.6 is 15.9 Å². The topological polar surface area (TPSA) is 50.2 Å². The molecule has 0 amide bonds. The minimum Gasteiger partial charge on any atom is -0.368 e. The molecule has 1 saturated carbocycles. The van der Waals surface area contributed by atoms with Gasteiger partial charge in [0.25, 0.3) is 5.56 Å². The number of likely N-dealkylation sites (N-methyl/N-ethyl adjacent to an activating group) is 1. The van der Waals surface area contributed by atoms with Crippen molar-refractivity contribution in [1.82, 2.24) is 15.1 Å². The number of halogens is 1. The van der Waals surface area contributed by atoms with Crippen LogP contribution in [0.25, 0.3) is 0 Å². The summed E-state index contributed by atoms with van der Waals surface area (Å²) in [4.78, 5) is 14.5. The van der Waals surface area contributed by atoms with E-state index in [0.717, 1.165) is 31.7 Å². The molecule has 0 spiro atoms. The van der Waals surface area contributed by atoms with Crippen molar-refractivity contribution in [1.29, 1.82) is 0 Å². The highest BCUT2D eigenvalue weighted by molar-refractivity contribution is 9.10. The summed E-state index contributed by atoms with van der Waals surface area (Å²) in [6.45, 7) is 2.81. The zero-order chi connectivity index (χ0) is 14.1. The van der Waals surface area contributed by atoms with Crippen LogP contribution < -0.4 is 15.8 Å². The lowest BCUT2D eigenvalue weighted by Crippen LogP contribution is -2.45. The Morgan fingerprint density at radius 1 is 1.50 bits per heavy atom. The van der Waals surface area contributed by atoms with Crippen LogP contribution in [0.4, 0.5) is 5.69 Å². The number of rotatable bonds is 4. The van der Waals surface area contributed by atoms with Gasteiger partial charge in [0, 0.05) is 26.2 Å². The van der Waals surface area contributed by atoms with Crippen molar-refractivity contribution in [3.8, 4) is 0 Å². The van der Waals surface area contributed by atoms with Gasteiger partial charge in [0.05, 0.1) is 11.9 Å². The van der Waals surface area contributed by atoms with Crippen LogP contribution in [0.2, 0.25) is 0 Å². The van der Waals surface area contributed by atoms with Gasteiger partial charge in [-0.1, -0.05) is 0 Å². The molecule has 1 aliphatic carbocycles. The molecular formula is C14H21BrN4O. The molecule has 2 fully saturated rings. The highest BCUT2D eigenvalue weighted by atomic mass is 79.9. The lowest BCUT2D eigenvalue weighted by molar-refractivity contribution is 0.443. The van der Waals surface area contributed by atoms with Gasteiger partial charge in [-0.15, -0.1) is 0 Å². The second kappa shape index (κ2) is 5.85. The second-order valence-corrected chi connectivity index (χ2v) is 6.68. The summed E-state index contributed by atoms with van der Waals surface area (Å²) in [5.74, 6) is 0.651. The summed E-state index contributed by atoms with van der Waals surface area (Å²) in [6.07, 6.45) is 6.60. The Labute approximate surface area is 127 Å². The third-order valence-corrected chi connectivity index (χ3v) is 5.04. The summed E-state index contributed by atoms with van der Waals surface area (Å²) in [6, 6.07) is 0.431. The minimum absolute atomic E-state index is 0.00924. The van der Waals surface area contributed by atoms with E-state index in [-0.39, 0.29) is 5.56 Å². The quantitative estimate of drug-likeness (QED) is 0.904. The standard InChI is InChI=1S/C14H21BrN4O/c1-18(11-3-2-6-16-7-11)12-8-17-19(9-10-4-5-10)14(20)13(12)15/h8,10-11,16H,2-7,9H2,1H3. The Hall–Kier alpha value is -0.880. The fourth-order valence-electron chi connectivity index (χ4n) is 2.74. The maximum absolute atomic E-state index is 12.4. The number of nitrogens with zero attached hydrogens (tertiary/aromatic N) is 3. The van der Waals surface area contributed by atoms with Crippen molar-refractivity contribution in [3.05, 3.63) is 21.0 Å². The smallest absolute Gasteiger partial charge is 0.283 e. The Balaban J connectivity index is 1.81. The Morgan fingerprint density at radius 3 is 2.95 bits per heavy atom. The fraction of sp³-hybridized carbons (Fsp3) is 0.714. The molecule has 1 N–H and O–H groups in total. The molecular weight excluding hydrogens is 320 g/mol. The molecule has 3 rings (SSSR count). The number of piperidine rings is 1. The first-order valence-corrected chi connectivity index (χ1v) is 8.15. The molecule has 2 aliphatic rings. The normalized spacial score (nSPS) is 22.8. The zero-order valence-corrected chi connectivity index (χ0v) is 13.4. The average molecular weight is 341 g/mol. The molecule has 2 heterocycles. The summed E-state index contributed by atoms with van der Waals surface area (Å²) in [5.41, 5.74) is 0.890. The van der Waals surface area contributed by atoms with Crippen LogP contribution in [0.1, 0.15) is 25.7 Å². The van der Waals surface area contributed by atoms with E-state index < -0.39 is 0 Å². The van der Waals surface area contributed by atoms with Gasteiger partial charge in [0.15, 0.2) is 0 Å². The van der Waals surface area contributed by atoms with E-state index in [2.05, 4.69) is 31.2 Å². The van der Waals surface area contributed by atoms with Crippen LogP contribution in [0.5, 0.6) is 0 Å². The Bertz CT molecular complexity index is 534. The van der Waals surface area contributed by atoms with Gasteiger partial charge in [-0.25, -0.2) is 4.68 Å². The van der Waals surface area contributed by atoms with E-state index in [9.17, 15) is 4.79 Å². The number of hydrogen-bond donors (Lipinski definition) is 1. The molecule has 1 saturated heterocycles. The van der Waals surface area contributed by atoms with Crippen molar-refractivity contribution in [2.45, 2.75) is 38.3 Å². The highest BCUT2D eigenvalue weighted by Crippen LogP contribution is 2.30. The minimum atomic E-state index is -0.00924. The van der Waals surface area contributed by atoms with Crippen molar-refractivity contribution in [3.63, 3.8) is 0 Å². The van der Waals surface area contributed by atoms with Crippen molar-refractivity contribution < 1.29 is 0 Å². The number of nitrogens with one attached hydrogen (secondary N) is 1. The van der Waals surface area contributed by atoms with Gasteiger partial charge >= 0.3 is 0 Å². The van der Waals surface area contributed by atoms with Crippen LogP contribution in [0.3, 0.4) is 0 Å². The van der Waals surface area contributed by atoms with E-state index in [0.29, 0.717) is 16.4 Å². The maximum atomic E-state index is 12.4. The van der Waals surface area contributed by atoms with Gasteiger partial charge in [-0.3, -0.25) is 4.79 Å². The third-order valence-electron chi connectivity index (χ3n) is 4.29. The predicted octanol–water partition coefficient (Wildman–Crippen LogP) is 1.60. The first-order chi connectivity index (χ1) is 9.66. The first-order valence-electron chi connectivity index (χ1n) is 7.36. The molecule has 0 aromatic carbocycles. The van der Waals surface area contributed by atoms with Crippen LogP contribution in [-0.4, -0.2) is 36.0 Å². The van der Waals surface area contributed by atoms with Gasteiger partial charge in [0.2, 0.25) is 0 Å². The molecule has 1 atom stereocenters. The molecule has 1 aliphatic heterocycles. The van der Waals surface area contributed by atoms with E-state index in [1.165, 1.54) is 19.3 Å². The Morgan fingerprint density at radius 2 is 2.30 bits per heavy atom. The third kappa shape index (κ3) is 2.91. The number of anilines is 1. The number of aromatic nitrogens is 2. The van der Waals surface area contributed by atoms with Crippen LogP contribution in [-0.2, 0) is 6.54 Å². The SMILES string of the molecule is CN(c1cnn(CC2CC2)c(=O)c1Br)C1CCCNC1. The Kier molecular flexibility index (Phi) is 4.12. The molecule has 20 heavy (non-hydrogen) atoms. The molecule has 6 heteroatoms. The molecule has 110 valence electrons. The number of hydrogen-bond acceptors (Lipinski definition) is 4. The second-order valence-electron chi connectivity index (χ2n) is 5.89. The first kappa shape index (κ1) is 14.1. The van der Waals surface area contributed by atoms with Crippen molar-refractivity contribution in [2.24, 2.45) is 5.92 Å². The van der Waals surface area contributed by atoms with Gasteiger partial charge < -0.3 is 10.2 Å². The van der Waals surface area contributed by atoms with Gasteiger partial charge in [0.1, 0.15) is 4.47 Å². The maximum Gasteiger partial charge on any atom is 0.283 e. The highest BCUT2D eigenvalue weighted by Gasteiger charge is 2.25. The summed E-state index contributed by atoms with van der Waals surface area (Å²) in [5, 5.41) is 7.75. The van der Waals surface area contributed by atoms with E-state index in [4.69, 9.17) is 0 Å². The molecule has 5 nitrogen and oxygen atoms in total. The lowest BCUT2D eigenvalue weighted by Gasteiger charge is -2.33. The molecule has 1 aromatic heterocycles. The summed E-state index contributed by atoms with van der Waals surface area (Å²) in [7, 11) is 2.05. The zero-order valence-electron chi connectivity index (χ0n) is 11.8. The molecule has 1 unspecified atom stereocenters.